The maximum Gasteiger partial charge on any atom is 0.228 e. The first kappa shape index (κ1) is 16.5. The van der Waals surface area contributed by atoms with Gasteiger partial charge in [-0.3, -0.25) is 4.99 Å². The fraction of sp³-hybridized carbons (Fsp3) is 0.786. The van der Waals surface area contributed by atoms with Crippen molar-refractivity contribution < 1.29 is 4.52 Å². The summed E-state index contributed by atoms with van der Waals surface area (Å²) in [6.07, 6.45) is 6.23. The average molecular weight is 405 g/mol. The Morgan fingerprint density at radius 1 is 1.43 bits per heavy atom. The smallest absolute Gasteiger partial charge is 0.228 e. The summed E-state index contributed by atoms with van der Waals surface area (Å²) in [6.45, 7) is 4.89. The van der Waals surface area contributed by atoms with Crippen LogP contribution in [-0.4, -0.2) is 47.7 Å². The number of nitrogens with one attached hydrogen (secondary N) is 1. The number of hydrogen-bond acceptors (Lipinski definition) is 4. The highest BCUT2D eigenvalue weighted by Gasteiger charge is 2.43. The van der Waals surface area contributed by atoms with E-state index in [4.69, 9.17) is 4.52 Å². The van der Waals surface area contributed by atoms with E-state index in [1.807, 2.05) is 14.0 Å². The molecule has 2 fully saturated rings. The van der Waals surface area contributed by atoms with E-state index in [-0.39, 0.29) is 24.0 Å². The Balaban J connectivity index is 0.00000161. The molecule has 0 amide bonds. The lowest BCUT2D eigenvalue weighted by Gasteiger charge is -2.38. The fourth-order valence-electron chi connectivity index (χ4n) is 3.26. The van der Waals surface area contributed by atoms with Gasteiger partial charge < -0.3 is 14.7 Å². The van der Waals surface area contributed by atoms with Crippen LogP contribution in [0.25, 0.3) is 0 Å². The number of rotatable bonds is 3. The Morgan fingerprint density at radius 2 is 2.24 bits per heavy atom. The molecule has 1 aliphatic carbocycles. The second-order valence-corrected chi connectivity index (χ2v) is 5.98. The summed E-state index contributed by atoms with van der Waals surface area (Å²) < 4.78 is 5.11. The number of guanidine groups is 1. The zero-order chi connectivity index (χ0) is 14.0. The van der Waals surface area contributed by atoms with Crippen molar-refractivity contribution in [1.82, 2.24) is 20.4 Å². The normalized spacial score (nSPS) is 20.3. The highest BCUT2D eigenvalue weighted by atomic mass is 127. The summed E-state index contributed by atoms with van der Waals surface area (Å²) in [5.41, 5.74) is 0.598. The van der Waals surface area contributed by atoms with Crippen LogP contribution in [0.1, 0.15) is 37.4 Å². The van der Waals surface area contributed by atoms with Gasteiger partial charge in [0.2, 0.25) is 5.89 Å². The Morgan fingerprint density at radius 3 is 2.76 bits per heavy atom. The molecule has 0 unspecified atom stereocenters. The summed E-state index contributed by atoms with van der Waals surface area (Å²) in [5, 5.41) is 7.20. The molecule has 1 aliphatic heterocycles. The maximum absolute atomic E-state index is 5.11. The van der Waals surface area contributed by atoms with Gasteiger partial charge >= 0.3 is 0 Å². The van der Waals surface area contributed by atoms with E-state index in [1.54, 1.807) is 0 Å². The lowest BCUT2D eigenvalue weighted by molar-refractivity contribution is 0.151. The predicted octanol–water partition coefficient (Wildman–Crippen LogP) is 1.99. The molecule has 2 heterocycles. The van der Waals surface area contributed by atoms with Gasteiger partial charge in [-0.25, -0.2) is 0 Å². The Kier molecular flexibility index (Phi) is 5.45. The number of aryl methyl sites for hydroxylation is 1. The molecule has 21 heavy (non-hydrogen) atoms. The molecule has 1 saturated carbocycles. The number of aromatic nitrogens is 2. The molecule has 0 radical (unpaired) electrons. The SMILES string of the molecule is CN=C(NCCc1nc(C)no1)N1CCC2(CCC2)C1.I. The van der Waals surface area contributed by atoms with E-state index in [0.717, 1.165) is 32.0 Å². The van der Waals surface area contributed by atoms with Crippen molar-refractivity contribution in [2.45, 2.75) is 39.0 Å². The van der Waals surface area contributed by atoms with Crippen molar-refractivity contribution in [3.63, 3.8) is 0 Å². The summed E-state index contributed by atoms with van der Waals surface area (Å²) in [4.78, 5) is 11.0. The standard InChI is InChI=1S/C14H23N5O.HI/c1-11-17-12(20-18-11)4-8-16-13(15-2)19-9-7-14(10-19)5-3-6-14;/h3-10H2,1-2H3,(H,15,16);1H. The van der Waals surface area contributed by atoms with E-state index in [1.165, 1.54) is 25.7 Å². The number of hydrogen-bond donors (Lipinski definition) is 1. The van der Waals surface area contributed by atoms with Gasteiger partial charge in [-0.1, -0.05) is 11.6 Å². The minimum Gasteiger partial charge on any atom is -0.356 e. The monoisotopic (exact) mass is 405 g/mol. The molecular weight excluding hydrogens is 381 g/mol. The van der Waals surface area contributed by atoms with Gasteiger partial charge in [0, 0.05) is 33.1 Å². The molecule has 3 rings (SSSR count). The first-order chi connectivity index (χ1) is 9.71. The van der Waals surface area contributed by atoms with E-state index < -0.39 is 0 Å². The lowest BCUT2D eigenvalue weighted by atomic mass is 9.68. The average Bonchev–Trinajstić information content (AvgIpc) is 3.01. The minimum atomic E-state index is 0. The van der Waals surface area contributed by atoms with Gasteiger partial charge in [-0.2, -0.15) is 4.98 Å². The molecule has 2 aliphatic rings. The summed E-state index contributed by atoms with van der Waals surface area (Å²) in [5.74, 6) is 2.38. The van der Waals surface area contributed by atoms with Crippen LogP contribution in [0.5, 0.6) is 0 Å². The van der Waals surface area contributed by atoms with Gasteiger partial charge in [0.05, 0.1) is 0 Å². The van der Waals surface area contributed by atoms with E-state index in [2.05, 4.69) is 25.3 Å². The quantitative estimate of drug-likeness (QED) is 0.474. The van der Waals surface area contributed by atoms with Crippen molar-refractivity contribution >= 4 is 29.9 Å². The van der Waals surface area contributed by atoms with Crippen LogP contribution >= 0.6 is 24.0 Å². The van der Waals surface area contributed by atoms with Crippen LogP contribution in [0.2, 0.25) is 0 Å². The van der Waals surface area contributed by atoms with Crippen molar-refractivity contribution in [3.8, 4) is 0 Å². The minimum absolute atomic E-state index is 0. The number of nitrogens with zero attached hydrogens (tertiary/aromatic N) is 4. The van der Waals surface area contributed by atoms with Crippen LogP contribution in [0, 0.1) is 12.3 Å². The summed E-state index contributed by atoms with van der Waals surface area (Å²) in [7, 11) is 1.85. The third-order valence-electron chi connectivity index (χ3n) is 4.56. The van der Waals surface area contributed by atoms with E-state index >= 15 is 0 Å². The van der Waals surface area contributed by atoms with Crippen molar-refractivity contribution in [2.24, 2.45) is 10.4 Å². The highest BCUT2D eigenvalue weighted by Crippen LogP contribution is 2.47. The fourth-order valence-corrected chi connectivity index (χ4v) is 3.26. The van der Waals surface area contributed by atoms with Gasteiger partial charge in [-0.05, 0) is 31.6 Å². The molecule has 0 aromatic carbocycles. The number of halogens is 1. The molecule has 1 aromatic rings. The Bertz CT molecular complexity index is 497. The topological polar surface area (TPSA) is 66.5 Å². The largest absolute Gasteiger partial charge is 0.356 e. The number of likely N-dealkylation sites (tertiary alicyclic amines) is 1. The third-order valence-corrected chi connectivity index (χ3v) is 4.56. The van der Waals surface area contributed by atoms with Crippen LogP contribution in [0.3, 0.4) is 0 Å². The molecule has 7 heteroatoms. The first-order valence-corrected chi connectivity index (χ1v) is 7.46. The van der Waals surface area contributed by atoms with Gasteiger partial charge in [0.1, 0.15) is 0 Å². The molecule has 0 atom stereocenters. The zero-order valence-corrected chi connectivity index (χ0v) is 15.1. The zero-order valence-electron chi connectivity index (χ0n) is 12.8. The summed E-state index contributed by atoms with van der Waals surface area (Å²) in [6, 6.07) is 0. The Labute approximate surface area is 142 Å². The second kappa shape index (κ2) is 6.93. The van der Waals surface area contributed by atoms with Gasteiger partial charge in [-0.15, -0.1) is 24.0 Å². The highest BCUT2D eigenvalue weighted by molar-refractivity contribution is 14.0. The van der Waals surface area contributed by atoms with Gasteiger partial charge in [0.15, 0.2) is 11.8 Å². The van der Waals surface area contributed by atoms with Crippen molar-refractivity contribution in [2.75, 3.05) is 26.7 Å². The van der Waals surface area contributed by atoms with Crippen molar-refractivity contribution in [1.29, 1.82) is 0 Å². The van der Waals surface area contributed by atoms with Crippen LogP contribution in [0.15, 0.2) is 9.52 Å². The lowest BCUT2D eigenvalue weighted by Crippen LogP contribution is -2.43. The predicted molar refractivity (Wildman–Crippen MR) is 92.0 cm³/mol. The molecule has 0 bridgehead atoms. The second-order valence-electron chi connectivity index (χ2n) is 5.98. The maximum atomic E-state index is 5.11. The van der Waals surface area contributed by atoms with Crippen LogP contribution in [-0.2, 0) is 6.42 Å². The number of aliphatic imine (C=N–C) groups is 1. The molecule has 6 nitrogen and oxygen atoms in total. The Hall–Kier alpha value is -0.860. The molecule has 1 saturated heterocycles. The first-order valence-electron chi connectivity index (χ1n) is 7.46. The van der Waals surface area contributed by atoms with E-state index in [0.29, 0.717) is 17.1 Å². The molecular formula is C14H24IN5O. The molecule has 118 valence electrons. The van der Waals surface area contributed by atoms with Crippen LogP contribution in [0.4, 0.5) is 0 Å². The molecule has 1 N–H and O–H groups in total. The van der Waals surface area contributed by atoms with Gasteiger partial charge in [0.25, 0.3) is 0 Å². The third kappa shape index (κ3) is 3.67. The summed E-state index contributed by atoms with van der Waals surface area (Å²) >= 11 is 0. The molecule has 1 spiro atoms. The van der Waals surface area contributed by atoms with E-state index in [9.17, 15) is 0 Å². The van der Waals surface area contributed by atoms with Crippen LogP contribution < -0.4 is 5.32 Å². The molecule has 1 aromatic heterocycles. The van der Waals surface area contributed by atoms with Crippen molar-refractivity contribution in [3.05, 3.63) is 11.7 Å².